The first kappa shape index (κ1) is 15.3. The predicted octanol–water partition coefficient (Wildman–Crippen LogP) is 3.06. The Balaban J connectivity index is 2.19. The molecule has 0 amide bonds. The van der Waals surface area contributed by atoms with E-state index < -0.39 is 11.5 Å². The number of aliphatic carboxylic acids is 1. The lowest BCUT2D eigenvalue weighted by Crippen LogP contribution is -2.50. The Kier molecular flexibility index (Phi) is 4.48. The Bertz CT molecular complexity index is 635. The second-order valence-electron chi connectivity index (χ2n) is 5.50. The van der Waals surface area contributed by atoms with E-state index in [1.54, 1.807) is 14.0 Å². The summed E-state index contributed by atoms with van der Waals surface area (Å²) in [5.74, 6) is -0.0946. The SMILES string of the molecule is CNC(C)(CC(C)Oc1cccc2ccccc12)C(=O)O. The number of rotatable bonds is 6. The molecule has 2 aromatic rings. The number of nitrogens with one attached hydrogen (secondary N) is 1. The average Bonchev–Trinajstić information content (AvgIpc) is 2.47. The van der Waals surface area contributed by atoms with E-state index in [1.807, 2.05) is 49.4 Å². The number of carboxylic acid groups (broad SMARTS) is 1. The summed E-state index contributed by atoms with van der Waals surface area (Å²) < 4.78 is 5.97. The van der Waals surface area contributed by atoms with Crippen LogP contribution in [0.3, 0.4) is 0 Å². The van der Waals surface area contributed by atoms with Gasteiger partial charge in [0.25, 0.3) is 0 Å². The maximum Gasteiger partial charge on any atom is 0.323 e. The molecule has 2 rings (SSSR count). The van der Waals surface area contributed by atoms with Gasteiger partial charge in [-0.25, -0.2) is 0 Å². The van der Waals surface area contributed by atoms with Crippen molar-refractivity contribution in [1.82, 2.24) is 5.32 Å². The number of hydrogen-bond acceptors (Lipinski definition) is 3. The first-order valence-electron chi connectivity index (χ1n) is 7.03. The van der Waals surface area contributed by atoms with Crippen LogP contribution in [0.2, 0.25) is 0 Å². The molecule has 0 heterocycles. The van der Waals surface area contributed by atoms with Gasteiger partial charge < -0.3 is 15.2 Å². The van der Waals surface area contributed by atoms with Crippen molar-refractivity contribution in [2.45, 2.75) is 31.9 Å². The summed E-state index contributed by atoms with van der Waals surface area (Å²) in [5, 5.41) is 14.3. The van der Waals surface area contributed by atoms with Gasteiger partial charge in [0, 0.05) is 11.8 Å². The van der Waals surface area contributed by atoms with E-state index in [0.29, 0.717) is 6.42 Å². The highest BCUT2D eigenvalue weighted by atomic mass is 16.5. The molecule has 4 nitrogen and oxygen atoms in total. The normalized spacial score (nSPS) is 15.4. The molecule has 0 aromatic heterocycles. The Morgan fingerprint density at radius 1 is 1.29 bits per heavy atom. The zero-order valence-electron chi connectivity index (χ0n) is 12.6. The van der Waals surface area contributed by atoms with Crippen LogP contribution in [0.25, 0.3) is 10.8 Å². The maximum atomic E-state index is 11.3. The van der Waals surface area contributed by atoms with Crippen LogP contribution in [-0.4, -0.2) is 29.8 Å². The number of ether oxygens (including phenoxy) is 1. The summed E-state index contributed by atoms with van der Waals surface area (Å²) in [6.07, 6.45) is 0.159. The molecule has 0 aliphatic heterocycles. The molecule has 0 radical (unpaired) electrons. The zero-order valence-corrected chi connectivity index (χ0v) is 12.6. The highest BCUT2D eigenvalue weighted by Gasteiger charge is 2.33. The molecule has 0 saturated heterocycles. The van der Waals surface area contributed by atoms with Gasteiger partial charge in [0.15, 0.2) is 0 Å². The van der Waals surface area contributed by atoms with E-state index in [-0.39, 0.29) is 6.10 Å². The van der Waals surface area contributed by atoms with Gasteiger partial charge in [-0.2, -0.15) is 0 Å². The van der Waals surface area contributed by atoms with Crippen molar-refractivity contribution in [3.63, 3.8) is 0 Å². The van der Waals surface area contributed by atoms with Gasteiger partial charge in [0.05, 0.1) is 6.10 Å². The number of carboxylic acids is 1. The lowest BCUT2D eigenvalue weighted by atomic mass is 9.95. The molecule has 2 aromatic carbocycles. The van der Waals surface area contributed by atoms with Crippen molar-refractivity contribution in [3.05, 3.63) is 42.5 Å². The third kappa shape index (κ3) is 3.34. The Morgan fingerprint density at radius 2 is 1.95 bits per heavy atom. The van der Waals surface area contributed by atoms with E-state index in [1.165, 1.54) is 0 Å². The smallest absolute Gasteiger partial charge is 0.323 e. The molecule has 0 bridgehead atoms. The highest BCUT2D eigenvalue weighted by molar-refractivity contribution is 5.88. The van der Waals surface area contributed by atoms with Crippen LogP contribution in [0.1, 0.15) is 20.3 Å². The van der Waals surface area contributed by atoms with Crippen LogP contribution in [0.5, 0.6) is 5.75 Å². The summed E-state index contributed by atoms with van der Waals surface area (Å²) in [5.41, 5.74) is -0.996. The summed E-state index contributed by atoms with van der Waals surface area (Å²) in [6.45, 7) is 3.55. The number of benzene rings is 2. The summed E-state index contributed by atoms with van der Waals surface area (Å²) >= 11 is 0. The average molecular weight is 287 g/mol. The topological polar surface area (TPSA) is 58.6 Å². The van der Waals surface area contributed by atoms with Crippen LogP contribution in [0, 0.1) is 0 Å². The molecule has 0 aliphatic rings. The van der Waals surface area contributed by atoms with E-state index in [0.717, 1.165) is 16.5 Å². The van der Waals surface area contributed by atoms with E-state index >= 15 is 0 Å². The van der Waals surface area contributed by atoms with Gasteiger partial charge >= 0.3 is 5.97 Å². The van der Waals surface area contributed by atoms with Crippen LogP contribution in [-0.2, 0) is 4.79 Å². The van der Waals surface area contributed by atoms with Gasteiger partial charge in [-0.1, -0.05) is 36.4 Å². The minimum Gasteiger partial charge on any atom is -0.490 e. The van der Waals surface area contributed by atoms with E-state index in [4.69, 9.17) is 4.74 Å². The van der Waals surface area contributed by atoms with E-state index in [9.17, 15) is 9.90 Å². The number of carbonyl (C=O) groups is 1. The Morgan fingerprint density at radius 3 is 2.62 bits per heavy atom. The minimum atomic E-state index is -0.996. The van der Waals surface area contributed by atoms with Crippen LogP contribution in [0.15, 0.2) is 42.5 Å². The van der Waals surface area contributed by atoms with Crippen LogP contribution < -0.4 is 10.1 Å². The number of likely N-dealkylation sites (N-methyl/N-ethyl adjacent to an activating group) is 1. The van der Waals surface area contributed by atoms with Crippen LogP contribution in [0.4, 0.5) is 0 Å². The quantitative estimate of drug-likeness (QED) is 0.857. The maximum absolute atomic E-state index is 11.3. The number of fused-ring (bicyclic) bond motifs is 1. The van der Waals surface area contributed by atoms with Gasteiger partial charge in [-0.05, 0) is 32.3 Å². The molecular formula is C17H21NO3. The molecule has 4 heteroatoms. The minimum absolute atomic E-state index is 0.218. The summed E-state index contributed by atoms with van der Waals surface area (Å²) in [6, 6.07) is 13.9. The molecular weight excluding hydrogens is 266 g/mol. The molecule has 2 unspecified atom stereocenters. The lowest BCUT2D eigenvalue weighted by Gasteiger charge is -2.28. The Labute approximate surface area is 124 Å². The molecule has 0 saturated carbocycles. The van der Waals surface area contributed by atoms with Crippen molar-refractivity contribution in [2.75, 3.05) is 7.05 Å². The third-order valence-corrected chi connectivity index (χ3v) is 3.80. The molecule has 2 N–H and O–H groups in total. The zero-order chi connectivity index (χ0) is 15.5. The Hall–Kier alpha value is -2.07. The van der Waals surface area contributed by atoms with Crippen molar-refractivity contribution in [3.8, 4) is 5.75 Å². The van der Waals surface area contributed by atoms with Gasteiger partial charge in [-0.3, -0.25) is 4.79 Å². The van der Waals surface area contributed by atoms with Gasteiger partial charge in [-0.15, -0.1) is 0 Å². The summed E-state index contributed by atoms with van der Waals surface area (Å²) in [7, 11) is 1.65. The first-order valence-corrected chi connectivity index (χ1v) is 7.03. The molecule has 0 spiro atoms. The first-order chi connectivity index (χ1) is 9.96. The number of hydrogen-bond donors (Lipinski definition) is 2. The van der Waals surface area contributed by atoms with Crippen molar-refractivity contribution >= 4 is 16.7 Å². The van der Waals surface area contributed by atoms with Crippen molar-refractivity contribution < 1.29 is 14.6 Å². The summed E-state index contributed by atoms with van der Waals surface area (Å²) in [4.78, 5) is 11.3. The van der Waals surface area contributed by atoms with Crippen molar-refractivity contribution in [1.29, 1.82) is 0 Å². The van der Waals surface area contributed by atoms with Gasteiger partial charge in [0.2, 0.25) is 0 Å². The van der Waals surface area contributed by atoms with Crippen LogP contribution >= 0.6 is 0 Å². The fourth-order valence-corrected chi connectivity index (χ4v) is 2.43. The second-order valence-corrected chi connectivity index (χ2v) is 5.50. The predicted molar refractivity (Wildman–Crippen MR) is 83.8 cm³/mol. The molecule has 0 aliphatic carbocycles. The fourth-order valence-electron chi connectivity index (χ4n) is 2.43. The lowest BCUT2D eigenvalue weighted by molar-refractivity contribution is -0.145. The monoisotopic (exact) mass is 287 g/mol. The molecule has 2 atom stereocenters. The standard InChI is InChI=1S/C17H21NO3/c1-12(11-17(2,18-3)16(19)20)21-15-10-6-8-13-7-4-5-9-14(13)15/h4-10,12,18H,11H2,1-3H3,(H,19,20). The molecule has 112 valence electrons. The second kappa shape index (κ2) is 6.14. The third-order valence-electron chi connectivity index (χ3n) is 3.80. The largest absolute Gasteiger partial charge is 0.490 e. The highest BCUT2D eigenvalue weighted by Crippen LogP contribution is 2.27. The molecule has 0 fully saturated rings. The van der Waals surface area contributed by atoms with E-state index in [2.05, 4.69) is 5.32 Å². The van der Waals surface area contributed by atoms with Crippen molar-refractivity contribution in [2.24, 2.45) is 0 Å². The van der Waals surface area contributed by atoms with Gasteiger partial charge in [0.1, 0.15) is 11.3 Å². The molecule has 21 heavy (non-hydrogen) atoms. The fraction of sp³-hybridized carbons (Fsp3) is 0.353.